The van der Waals surface area contributed by atoms with Gasteiger partial charge in [-0.2, -0.15) is 0 Å². The molecule has 2 rings (SSSR count). The maximum absolute atomic E-state index is 11.9. The van der Waals surface area contributed by atoms with E-state index in [0.717, 1.165) is 0 Å². The van der Waals surface area contributed by atoms with Crippen molar-refractivity contribution >= 4 is 15.8 Å². The average Bonchev–Trinajstić information content (AvgIpc) is 3.24. The molecular weight excluding hydrogens is 284 g/mol. The summed E-state index contributed by atoms with van der Waals surface area (Å²) in [7, 11) is -0.591. The lowest BCUT2D eigenvalue weighted by Crippen LogP contribution is -2.19. The van der Waals surface area contributed by atoms with E-state index in [-0.39, 0.29) is 16.7 Å². The van der Waals surface area contributed by atoms with Crippen molar-refractivity contribution in [2.24, 2.45) is 0 Å². The van der Waals surface area contributed by atoms with Crippen LogP contribution in [-0.4, -0.2) is 43.8 Å². The molecule has 110 valence electrons. The number of esters is 1. The fourth-order valence-corrected chi connectivity index (χ4v) is 3.46. The van der Waals surface area contributed by atoms with Gasteiger partial charge < -0.3 is 9.47 Å². The number of hydrogen-bond acceptors (Lipinski definition) is 7. The van der Waals surface area contributed by atoms with Crippen LogP contribution in [0, 0.1) is 0 Å². The Balaban J connectivity index is 2.21. The van der Waals surface area contributed by atoms with E-state index in [4.69, 9.17) is 4.74 Å². The highest BCUT2D eigenvalue weighted by Crippen LogP contribution is 2.30. The number of carbonyl (C=O) groups excluding carboxylic acids is 1. The SMILES string of the molecule is COC(=O)C(OC)c1cncc(CS(=O)(=O)C2CC2)n1. The van der Waals surface area contributed by atoms with E-state index in [1.807, 2.05) is 0 Å². The molecule has 0 radical (unpaired) electrons. The Morgan fingerprint density at radius 1 is 1.40 bits per heavy atom. The van der Waals surface area contributed by atoms with E-state index in [2.05, 4.69) is 14.7 Å². The number of sulfone groups is 1. The second kappa shape index (κ2) is 5.84. The third kappa shape index (κ3) is 3.31. The first-order valence-electron chi connectivity index (χ1n) is 6.11. The molecule has 1 aliphatic carbocycles. The standard InChI is InChI=1S/C12H16N2O5S/c1-18-11(12(15)19-2)10-6-13-5-8(14-10)7-20(16,17)9-3-4-9/h5-6,9,11H,3-4,7H2,1-2H3. The largest absolute Gasteiger partial charge is 0.467 e. The summed E-state index contributed by atoms with van der Waals surface area (Å²) in [5, 5.41) is -0.258. The van der Waals surface area contributed by atoms with E-state index in [1.54, 1.807) is 0 Å². The third-order valence-electron chi connectivity index (χ3n) is 3.00. The van der Waals surface area contributed by atoms with Gasteiger partial charge in [-0.15, -0.1) is 0 Å². The molecule has 1 heterocycles. The molecule has 0 aromatic carbocycles. The highest BCUT2D eigenvalue weighted by molar-refractivity contribution is 7.91. The molecule has 0 saturated heterocycles. The van der Waals surface area contributed by atoms with Crippen LogP contribution in [0.5, 0.6) is 0 Å². The summed E-state index contributed by atoms with van der Waals surface area (Å²) in [5.74, 6) is -0.778. The van der Waals surface area contributed by atoms with Gasteiger partial charge in [-0.1, -0.05) is 0 Å². The fraction of sp³-hybridized carbons (Fsp3) is 0.583. The Hall–Kier alpha value is -1.54. The molecule has 0 amide bonds. The van der Waals surface area contributed by atoms with Crippen LogP contribution in [0.2, 0.25) is 0 Å². The number of aromatic nitrogens is 2. The maximum Gasteiger partial charge on any atom is 0.341 e. The molecule has 7 nitrogen and oxygen atoms in total. The predicted octanol–water partition coefficient (Wildman–Crippen LogP) is 0.414. The van der Waals surface area contributed by atoms with Gasteiger partial charge in [0.1, 0.15) is 0 Å². The molecule has 1 aromatic rings. The second-order valence-corrected chi connectivity index (χ2v) is 6.86. The van der Waals surface area contributed by atoms with Gasteiger partial charge in [0.05, 0.1) is 35.7 Å². The molecule has 1 atom stereocenters. The number of hydrogen-bond donors (Lipinski definition) is 0. The fourth-order valence-electron chi connectivity index (χ4n) is 1.81. The van der Waals surface area contributed by atoms with E-state index in [1.165, 1.54) is 26.6 Å². The monoisotopic (exact) mass is 300 g/mol. The van der Waals surface area contributed by atoms with Gasteiger partial charge >= 0.3 is 5.97 Å². The van der Waals surface area contributed by atoms with Gasteiger partial charge in [0, 0.05) is 13.3 Å². The minimum Gasteiger partial charge on any atom is -0.467 e. The molecule has 1 fully saturated rings. The van der Waals surface area contributed by atoms with Gasteiger partial charge in [-0.05, 0) is 12.8 Å². The van der Waals surface area contributed by atoms with E-state index in [0.29, 0.717) is 18.5 Å². The zero-order valence-corrected chi connectivity index (χ0v) is 12.1. The summed E-state index contributed by atoms with van der Waals surface area (Å²) in [6, 6.07) is 0. The minimum atomic E-state index is -3.17. The normalized spacial score (nSPS) is 16.7. The molecule has 0 bridgehead atoms. The minimum absolute atomic E-state index is 0.171. The molecule has 1 aliphatic rings. The molecule has 0 aliphatic heterocycles. The number of carbonyl (C=O) groups is 1. The molecule has 8 heteroatoms. The van der Waals surface area contributed by atoms with E-state index >= 15 is 0 Å². The zero-order chi connectivity index (χ0) is 14.8. The Labute approximate surface area is 117 Å². The van der Waals surface area contributed by atoms with Gasteiger partial charge in [-0.3, -0.25) is 9.97 Å². The van der Waals surface area contributed by atoms with Crippen LogP contribution in [0.4, 0.5) is 0 Å². The number of rotatable bonds is 6. The molecule has 1 unspecified atom stereocenters. The first-order chi connectivity index (χ1) is 9.47. The second-order valence-electron chi connectivity index (χ2n) is 4.58. The lowest BCUT2D eigenvalue weighted by Gasteiger charge is -2.12. The van der Waals surface area contributed by atoms with Crippen molar-refractivity contribution < 1.29 is 22.7 Å². The molecule has 20 heavy (non-hydrogen) atoms. The molecule has 1 aromatic heterocycles. The van der Waals surface area contributed by atoms with Crippen molar-refractivity contribution in [2.75, 3.05) is 14.2 Å². The van der Waals surface area contributed by atoms with Gasteiger partial charge in [0.15, 0.2) is 15.9 Å². The number of ether oxygens (including phenoxy) is 2. The quantitative estimate of drug-likeness (QED) is 0.702. The van der Waals surface area contributed by atoms with Crippen LogP contribution in [0.15, 0.2) is 12.4 Å². The summed E-state index contributed by atoms with van der Waals surface area (Å²) < 4.78 is 33.4. The van der Waals surface area contributed by atoms with Crippen LogP contribution < -0.4 is 0 Å². The van der Waals surface area contributed by atoms with Gasteiger partial charge in [0.25, 0.3) is 0 Å². The van der Waals surface area contributed by atoms with E-state index < -0.39 is 21.9 Å². The lowest BCUT2D eigenvalue weighted by molar-refractivity contribution is -0.152. The summed E-state index contributed by atoms with van der Waals surface area (Å²) in [4.78, 5) is 19.6. The van der Waals surface area contributed by atoms with Crippen LogP contribution in [-0.2, 0) is 29.9 Å². The Morgan fingerprint density at radius 2 is 2.10 bits per heavy atom. The number of methoxy groups -OCH3 is 2. The van der Waals surface area contributed by atoms with Gasteiger partial charge in [0.2, 0.25) is 0 Å². The molecule has 1 saturated carbocycles. The van der Waals surface area contributed by atoms with Crippen LogP contribution in [0.3, 0.4) is 0 Å². The topological polar surface area (TPSA) is 95.5 Å². The maximum atomic E-state index is 11.9. The Kier molecular flexibility index (Phi) is 4.34. The average molecular weight is 300 g/mol. The summed E-state index contributed by atoms with van der Waals surface area (Å²) in [5.41, 5.74) is 0.545. The van der Waals surface area contributed by atoms with Crippen LogP contribution in [0.1, 0.15) is 30.3 Å². The Bertz CT molecular complexity index is 598. The summed E-state index contributed by atoms with van der Waals surface area (Å²) >= 11 is 0. The van der Waals surface area contributed by atoms with Crippen molar-refractivity contribution in [1.29, 1.82) is 0 Å². The van der Waals surface area contributed by atoms with E-state index in [9.17, 15) is 13.2 Å². The predicted molar refractivity (Wildman–Crippen MR) is 69.4 cm³/mol. The smallest absolute Gasteiger partial charge is 0.341 e. The summed E-state index contributed by atoms with van der Waals surface area (Å²) in [6.45, 7) is 0. The van der Waals surface area contributed by atoms with Crippen molar-refractivity contribution in [1.82, 2.24) is 9.97 Å². The molecule has 0 spiro atoms. The molecule has 0 N–H and O–H groups in total. The zero-order valence-electron chi connectivity index (χ0n) is 11.3. The first kappa shape index (κ1) is 14.9. The van der Waals surface area contributed by atoms with Crippen molar-refractivity contribution in [3.63, 3.8) is 0 Å². The Morgan fingerprint density at radius 3 is 2.65 bits per heavy atom. The lowest BCUT2D eigenvalue weighted by atomic mass is 10.2. The highest BCUT2D eigenvalue weighted by Gasteiger charge is 2.36. The van der Waals surface area contributed by atoms with Gasteiger partial charge in [-0.25, -0.2) is 13.2 Å². The van der Waals surface area contributed by atoms with Crippen LogP contribution in [0.25, 0.3) is 0 Å². The number of nitrogens with zero attached hydrogens (tertiary/aromatic N) is 2. The first-order valence-corrected chi connectivity index (χ1v) is 7.82. The third-order valence-corrected chi connectivity index (χ3v) is 5.19. The van der Waals surface area contributed by atoms with Crippen LogP contribution >= 0.6 is 0 Å². The highest BCUT2D eigenvalue weighted by atomic mass is 32.2. The molecular formula is C12H16N2O5S. The summed E-state index contributed by atoms with van der Waals surface area (Å²) in [6.07, 6.45) is 3.15. The van der Waals surface area contributed by atoms with Crippen molar-refractivity contribution in [3.05, 3.63) is 23.8 Å². The van der Waals surface area contributed by atoms with Crippen molar-refractivity contribution in [2.45, 2.75) is 29.9 Å². The van der Waals surface area contributed by atoms with Crippen molar-refractivity contribution in [3.8, 4) is 0 Å².